The number of para-hydroxylation sites is 1. The fourth-order valence-electron chi connectivity index (χ4n) is 8.87. The topological polar surface area (TPSA) is 8.17 Å². The number of hydrogen-bond acceptors (Lipinski definition) is 2. The van der Waals surface area contributed by atoms with Gasteiger partial charge in [-0.3, -0.25) is 0 Å². The molecule has 10 aromatic rings. The normalized spacial score (nSPS) is 14.3. The van der Waals surface area contributed by atoms with E-state index in [0.29, 0.717) is 0 Å². The Kier molecular flexibility index (Phi) is 7.53. The van der Waals surface area contributed by atoms with Crippen molar-refractivity contribution in [2.75, 3.05) is 4.90 Å². The molecule has 8 aromatic carbocycles. The highest BCUT2D eigenvalue weighted by Crippen LogP contribution is 2.46. The van der Waals surface area contributed by atoms with E-state index in [1.54, 1.807) is 0 Å². The van der Waals surface area contributed by atoms with Crippen molar-refractivity contribution in [3.8, 4) is 16.8 Å². The van der Waals surface area contributed by atoms with Gasteiger partial charge < -0.3 is 9.47 Å². The molecule has 0 saturated heterocycles. The Morgan fingerprint density at radius 1 is 0.545 bits per heavy atom. The number of hydrogen-bond donors (Lipinski definition) is 0. The number of anilines is 2. The zero-order chi connectivity index (χ0) is 36.3. The Labute approximate surface area is 324 Å². The van der Waals surface area contributed by atoms with Crippen molar-refractivity contribution in [3.05, 3.63) is 211 Å². The first-order valence-corrected chi connectivity index (χ1v) is 19.9. The number of thiophene rings is 1. The molecule has 260 valence electrons. The molecule has 1 atom stereocenters. The highest BCUT2D eigenvalue weighted by molar-refractivity contribution is 7.25. The molecule has 0 aliphatic heterocycles. The van der Waals surface area contributed by atoms with Crippen LogP contribution < -0.4 is 4.90 Å². The molecule has 11 rings (SSSR count). The molecular formula is C52H36N2S. The SMILES string of the molecule is C1=CCC(c2ccccc2)C(N(c2cccc(-c3cccc4c3c3ccc5ccccc5c3n4-c3ccccc3)c2)c2ccc3sc4ccccc4c3c2)=C1. The minimum absolute atomic E-state index is 0.213. The monoisotopic (exact) mass is 720 g/mol. The maximum atomic E-state index is 2.51. The summed E-state index contributed by atoms with van der Waals surface area (Å²) in [7, 11) is 0. The lowest BCUT2D eigenvalue weighted by atomic mass is 9.88. The van der Waals surface area contributed by atoms with Crippen LogP contribution in [0.15, 0.2) is 206 Å². The van der Waals surface area contributed by atoms with Gasteiger partial charge >= 0.3 is 0 Å². The predicted molar refractivity (Wildman–Crippen MR) is 236 cm³/mol. The summed E-state index contributed by atoms with van der Waals surface area (Å²) in [5, 5.41) is 7.63. The average Bonchev–Trinajstić information content (AvgIpc) is 3.81. The van der Waals surface area contributed by atoms with Crippen molar-refractivity contribution < 1.29 is 0 Å². The van der Waals surface area contributed by atoms with Gasteiger partial charge in [0.2, 0.25) is 0 Å². The van der Waals surface area contributed by atoms with Crippen molar-refractivity contribution in [2.24, 2.45) is 0 Å². The molecule has 0 saturated carbocycles. The van der Waals surface area contributed by atoms with Gasteiger partial charge in [0, 0.05) is 65.0 Å². The minimum atomic E-state index is 0.213. The molecule has 3 heteroatoms. The molecule has 0 amide bonds. The van der Waals surface area contributed by atoms with E-state index >= 15 is 0 Å². The average molecular weight is 721 g/mol. The molecule has 0 spiro atoms. The predicted octanol–water partition coefficient (Wildman–Crippen LogP) is 14.7. The summed E-state index contributed by atoms with van der Waals surface area (Å²) in [6.07, 6.45) is 7.80. The zero-order valence-electron chi connectivity index (χ0n) is 30.1. The van der Waals surface area contributed by atoms with Crippen molar-refractivity contribution in [3.63, 3.8) is 0 Å². The molecule has 1 unspecified atom stereocenters. The van der Waals surface area contributed by atoms with Crippen LogP contribution in [0.2, 0.25) is 0 Å². The first kappa shape index (κ1) is 31.8. The standard InChI is InChI=1S/C52H36N2S/c1-3-15-35(16-4-1)41-22-9-11-26-47(41)53(40-30-32-50-46(34-40)44-24-10-12-28-49(44)55-50)39-21-13-18-37(33-39)42-25-14-27-48-51(42)45-31-29-36-17-7-8-23-43(36)52(45)54(48)38-19-5-2-6-20-38/h1-21,23-34,41H,22H2. The molecule has 55 heavy (non-hydrogen) atoms. The van der Waals surface area contributed by atoms with Crippen LogP contribution in [0.25, 0.3) is 69.6 Å². The van der Waals surface area contributed by atoms with Crippen molar-refractivity contribution >= 4 is 75.5 Å². The minimum Gasteiger partial charge on any atom is -0.314 e. The number of nitrogens with zero attached hydrogens (tertiary/aromatic N) is 2. The molecule has 1 aliphatic carbocycles. The fraction of sp³-hybridized carbons (Fsp3) is 0.0385. The molecule has 2 nitrogen and oxygen atoms in total. The van der Waals surface area contributed by atoms with E-state index in [-0.39, 0.29) is 5.92 Å². The van der Waals surface area contributed by atoms with Gasteiger partial charge in [0.05, 0.1) is 11.0 Å². The third kappa shape index (κ3) is 5.23. The van der Waals surface area contributed by atoms with Gasteiger partial charge in [0.15, 0.2) is 0 Å². The summed E-state index contributed by atoms with van der Waals surface area (Å²) < 4.78 is 5.09. The summed E-state index contributed by atoms with van der Waals surface area (Å²) in [4.78, 5) is 2.51. The lowest BCUT2D eigenvalue weighted by molar-refractivity contribution is 0.774. The van der Waals surface area contributed by atoms with Crippen LogP contribution in [0, 0.1) is 0 Å². The summed E-state index contributed by atoms with van der Waals surface area (Å²) in [5.74, 6) is 0.213. The largest absolute Gasteiger partial charge is 0.314 e. The van der Waals surface area contributed by atoms with Crippen LogP contribution in [-0.2, 0) is 0 Å². The smallest absolute Gasteiger partial charge is 0.0619 e. The van der Waals surface area contributed by atoms with Crippen LogP contribution in [-0.4, -0.2) is 4.57 Å². The number of allylic oxidation sites excluding steroid dienone is 4. The highest BCUT2D eigenvalue weighted by atomic mass is 32.1. The molecule has 0 fully saturated rings. The Bertz CT molecular complexity index is 3130. The molecule has 0 bridgehead atoms. The van der Waals surface area contributed by atoms with Gasteiger partial charge in [-0.25, -0.2) is 0 Å². The van der Waals surface area contributed by atoms with Crippen molar-refractivity contribution in [1.82, 2.24) is 4.57 Å². The Hall–Kier alpha value is -6.68. The Morgan fingerprint density at radius 2 is 1.29 bits per heavy atom. The maximum Gasteiger partial charge on any atom is 0.0619 e. The quantitative estimate of drug-likeness (QED) is 0.166. The molecule has 2 aromatic heterocycles. The van der Waals surface area contributed by atoms with Gasteiger partial charge in [0.25, 0.3) is 0 Å². The van der Waals surface area contributed by atoms with E-state index in [4.69, 9.17) is 0 Å². The molecule has 1 aliphatic rings. The third-order valence-electron chi connectivity index (χ3n) is 11.3. The van der Waals surface area contributed by atoms with Crippen LogP contribution in [0.4, 0.5) is 11.4 Å². The summed E-state index contributed by atoms with van der Waals surface area (Å²) in [5.41, 5.74) is 10.9. The molecule has 0 radical (unpaired) electrons. The van der Waals surface area contributed by atoms with Crippen LogP contribution in [0.5, 0.6) is 0 Å². The molecule has 2 heterocycles. The second-order valence-electron chi connectivity index (χ2n) is 14.4. The lowest BCUT2D eigenvalue weighted by Gasteiger charge is -2.34. The van der Waals surface area contributed by atoms with E-state index in [1.807, 2.05) is 11.3 Å². The third-order valence-corrected chi connectivity index (χ3v) is 12.5. The number of rotatable bonds is 6. The Balaban J connectivity index is 1.15. The lowest BCUT2D eigenvalue weighted by Crippen LogP contribution is -2.23. The van der Waals surface area contributed by atoms with Gasteiger partial charge in [0.1, 0.15) is 0 Å². The first-order chi connectivity index (χ1) is 27.3. The van der Waals surface area contributed by atoms with Gasteiger partial charge in [-0.05, 0) is 89.2 Å². The second-order valence-corrected chi connectivity index (χ2v) is 15.5. The second kappa shape index (κ2) is 13.0. The highest BCUT2D eigenvalue weighted by Gasteiger charge is 2.26. The van der Waals surface area contributed by atoms with Gasteiger partial charge in [-0.15, -0.1) is 11.3 Å². The molecular weight excluding hydrogens is 685 g/mol. The van der Waals surface area contributed by atoms with E-state index < -0.39 is 0 Å². The maximum absolute atomic E-state index is 2.51. The van der Waals surface area contributed by atoms with Crippen molar-refractivity contribution in [1.29, 1.82) is 0 Å². The number of aromatic nitrogens is 1. The van der Waals surface area contributed by atoms with Crippen LogP contribution in [0.1, 0.15) is 17.9 Å². The molecule has 0 N–H and O–H groups in total. The summed E-state index contributed by atoms with van der Waals surface area (Å²) >= 11 is 1.87. The number of fused-ring (bicyclic) bond motifs is 8. The summed E-state index contributed by atoms with van der Waals surface area (Å²) in [6, 6.07) is 66.9. The van der Waals surface area contributed by atoms with Gasteiger partial charge in [-0.1, -0.05) is 140 Å². The van der Waals surface area contributed by atoms with E-state index in [9.17, 15) is 0 Å². The first-order valence-electron chi connectivity index (χ1n) is 19.0. The zero-order valence-corrected chi connectivity index (χ0v) is 31.0. The van der Waals surface area contributed by atoms with Crippen LogP contribution in [0.3, 0.4) is 0 Å². The summed E-state index contributed by atoms with van der Waals surface area (Å²) in [6.45, 7) is 0. The van der Waals surface area contributed by atoms with E-state index in [0.717, 1.165) is 17.8 Å². The Morgan fingerprint density at radius 3 is 2.18 bits per heavy atom. The van der Waals surface area contributed by atoms with Crippen LogP contribution >= 0.6 is 11.3 Å². The van der Waals surface area contributed by atoms with E-state index in [1.165, 1.54) is 80.8 Å². The van der Waals surface area contributed by atoms with Gasteiger partial charge in [-0.2, -0.15) is 0 Å². The van der Waals surface area contributed by atoms with Crippen molar-refractivity contribution in [2.45, 2.75) is 12.3 Å². The fourth-order valence-corrected chi connectivity index (χ4v) is 9.95. The number of benzene rings is 8. The van der Waals surface area contributed by atoms with E-state index in [2.05, 4.69) is 210 Å².